The summed E-state index contributed by atoms with van der Waals surface area (Å²) in [7, 11) is 0. The van der Waals surface area contributed by atoms with Crippen molar-refractivity contribution in [2.45, 2.75) is 50.3 Å². The summed E-state index contributed by atoms with van der Waals surface area (Å²) in [6.45, 7) is 1.22. The van der Waals surface area contributed by atoms with Crippen LogP contribution < -0.4 is 20.3 Å². The fourth-order valence-corrected chi connectivity index (χ4v) is 5.58. The minimum absolute atomic E-state index is 0.0214. The molecule has 2 aromatic heterocycles. The molecular formula is C28H25ClFN5O4. The Hall–Kier alpha value is -3.76. The van der Waals surface area contributed by atoms with Crippen LogP contribution in [0.5, 0.6) is 5.75 Å². The summed E-state index contributed by atoms with van der Waals surface area (Å²) >= 11 is 6.69. The highest BCUT2D eigenvalue weighted by Crippen LogP contribution is 2.46. The van der Waals surface area contributed by atoms with Gasteiger partial charge in [-0.05, 0) is 55.5 Å². The van der Waals surface area contributed by atoms with Gasteiger partial charge in [-0.3, -0.25) is 14.7 Å². The smallest absolute Gasteiger partial charge is 0.326 e. The maximum absolute atomic E-state index is 14.4. The van der Waals surface area contributed by atoms with E-state index in [1.54, 1.807) is 35.4 Å². The number of anilines is 2. The van der Waals surface area contributed by atoms with Crippen molar-refractivity contribution in [1.29, 1.82) is 0 Å². The molecule has 39 heavy (non-hydrogen) atoms. The quantitative estimate of drug-likeness (QED) is 0.469. The monoisotopic (exact) mass is 549 g/mol. The van der Waals surface area contributed by atoms with Gasteiger partial charge in [0.25, 0.3) is 5.91 Å². The number of halogens is 2. The van der Waals surface area contributed by atoms with Gasteiger partial charge >= 0.3 is 6.03 Å². The maximum atomic E-state index is 14.4. The van der Waals surface area contributed by atoms with Crippen molar-refractivity contribution in [3.05, 3.63) is 75.6 Å². The number of pyridine rings is 2. The van der Waals surface area contributed by atoms with Crippen LogP contribution in [0.3, 0.4) is 0 Å². The molecule has 11 heteroatoms. The Morgan fingerprint density at radius 3 is 2.77 bits per heavy atom. The van der Waals surface area contributed by atoms with E-state index >= 15 is 0 Å². The van der Waals surface area contributed by atoms with Gasteiger partial charge in [0.15, 0.2) is 0 Å². The van der Waals surface area contributed by atoms with Crippen molar-refractivity contribution in [3.8, 4) is 5.75 Å². The van der Waals surface area contributed by atoms with Gasteiger partial charge in [0.2, 0.25) is 0 Å². The molecule has 3 amide bonds. The Balaban J connectivity index is 1.19. The van der Waals surface area contributed by atoms with Gasteiger partial charge in [-0.1, -0.05) is 11.6 Å². The molecule has 0 spiro atoms. The lowest BCUT2D eigenvalue weighted by Crippen LogP contribution is -2.48. The van der Waals surface area contributed by atoms with E-state index < -0.39 is 11.9 Å². The van der Waals surface area contributed by atoms with E-state index in [0.717, 1.165) is 29.7 Å². The summed E-state index contributed by atoms with van der Waals surface area (Å²) in [5, 5.41) is 6.27. The van der Waals surface area contributed by atoms with Gasteiger partial charge in [0.1, 0.15) is 29.1 Å². The Morgan fingerprint density at radius 1 is 1.18 bits per heavy atom. The van der Waals surface area contributed by atoms with Crippen LogP contribution in [-0.4, -0.2) is 41.2 Å². The number of nitrogens with zero attached hydrogens (tertiary/aromatic N) is 3. The zero-order valence-corrected chi connectivity index (χ0v) is 21.6. The second-order valence-electron chi connectivity index (χ2n) is 10.3. The highest BCUT2D eigenvalue weighted by molar-refractivity contribution is 6.34. The van der Waals surface area contributed by atoms with Crippen molar-refractivity contribution in [2.24, 2.45) is 0 Å². The van der Waals surface area contributed by atoms with Crippen LogP contribution in [0.2, 0.25) is 5.02 Å². The van der Waals surface area contributed by atoms with E-state index in [1.807, 2.05) is 0 Å². The number of aromatic nitrogens is 2. The minimum atomic E-state index is -0.537. The molecule has 1 saturated carbocycles. The summed E-state index contributed by atoms with van der Waals surface area (Å²) < 4.78 is 25.7. The lowest BCUT2D eigenvalue weighted by Gasteiger charge is -2.33. The number of urea groups is 1. The second-order valence-corrected chi connectivity index (χ2v) is 10.8. The first-order valence-corrected chi connectivity index (χ1v) is 13.4. The number of carbonyl (C=O) groups excluding carboxylic acids is 2. The lowest BCUT2D eigenvalue weighted by atomic mass is 9.98. The summed E-state index contributed by atoms with van der Waals surface area (Å²) in [5.74, 6) is 0.0911. The van der Waals surface area contributed by atoms with Gasteiger partial charge in [-0.15, -0.1) is 0 Å². The molecular weight excluding hydrogens is 525 g/mol. The molecule has 4 aliphatic rings. The standard InChI is InChI=1S/C28H25ClFN5O4/c29-18-8-15-5-6-23(26-19(30)2-1-7-31-26)39-24(15)10-22(18)35-11-17-20(34-28(35)37)9-21(33-25(17)14-3-4-14)27(36)32-16-12-38-13-16/h1-2,7-10,14,16,23H,3-6,11-13H2,(H,32,36)(H,34,37). The van der Waals surface area contributed by atoms with Crippen molar-refractivity contribution in [3.63, 3.8) is 0 Å². The molecule has 2 fully saturated rings. The summed E-state index contributed by atoms with van der Waals surface area (Å²) in [4.78, 5) is 36.6. The van der Waals surface area contributed by atoms with Crippen molar-refractivity contribution >= 4 is 34.9 Å². The first-order chi connectivity index (χ1) is 18.9. The van der Waals surface area contributed by atoms with Gasteiger partial charge in [0, 0.05) is 23.7 Å². The van der Waals surface area contributed by atoms with Crippen LogP contribution >= 0.6 is 11.6 Å². The van der Waals surface area contributed by atoms with E-state index in [1.165, 1.54) is 6.07 Å². The minimum Gasteiger partial charge on any atom is -0.484 e. The van der Waals surface area contributed by atoms with Gasteiger partial charge in [0.05, 0.1) is 47.9 Å². The molecule has 1 atom stereocenters. The maximum Gasteiger partial charge on any atom is 0.326 e. The fourth-order valence-electron chi connectivity index (χ4n) is 5.29. The number of carbonyl (C=O) groups is 2. The SMILES string of the molecule is O=C(NC1COC1)c1cc2c(c(C3CC3)n1)CN(c1cc3c(cc1Cl)CCC(c1ncccc1F)O3)C(=O)N2. The second kappa shape index (κ2) is 9.46. The lowest BCUT2D eigenvalue weighted by molar-refractivity contribution is -0.00355. The molecule has 9 nitrogen and oxygen atoms in total. The number of rotatable bonds is 5. The molecule has 3 aliphatic heterocycles. The molecule has 200 valence electrons. The molecule has 1 saturated heterocycles. The fraction of sp³-hybridized carbons (Fsp3) is 0.357. The average Bonchev–Trinajstić information content (AvgIpc) is 3.75. The third-order valence-corrected chi connectivity index (χ3v) is 7.89. The van der Waals surface area contributed by atoms with E-state index in [4.69, 9.17) is 26.1 Å². The Labute approximate surface area is 228 Å². The first kappa shape index (κ1) is 24.3. The number of hydrogen-bond acceptors (Lipinski definition) is 6. The molecule has 5 heterocycles. The summed E-state index contributed by atoms with van der Waals surface area (Å²) in [5.41, 5.74) is 4.18. The molecule has 1 aliphatic carbocycles. The molecule has 1 aromatic carbocycles. The molecule has 0 bridgehead atoms. The highest BCUT2D eigenvalue weighted by atomic mass is 35.5. The molecule has 0 radical (unpaired) electrons. The van der Waals surface area contributed by atoms with E-state index in [0.29, 0.717) is 48.2 Å². The zero-order valence-electron chi connectivity index (χ0n) is 20.9. The first-order valence-electron chi connectivity index (χ1n) is 13.0. The predicted octanol–water partition coefficient (Wildman–Crippen LogP) is 4.89. The van der Waals surface area contributed by atoms with Crippen molar-refractivity contribution in [1.82, 2.24) is 15.3 Å². The van der Waals surface area contributed by atoms with Crippen molar-refractivity contribution < 1.29 is 23.5 Å². The number of benzene rings is 1. The third kappa shape index (κ3) is 4.47. The Morgan fingerprint density at radius 2 is 2.03 bits per heavy atom. The molecule has 7 rings (SSSR count). The normalized spacial score (nSPS) is 20.3. The van der Waals surface area contributed by atoms with Crippen molar-refractivity contribution in [2.75, 3.05) is 23.4 Å². The van der Waals surface area contributed by atoms with Gasteiger partial charge < -0.3 is 20.1 Å². The topological polar surface area (TPSA) is 106 Å². The molecule has 3 aromatic rings. The van der Waals surface area contributed by atoms with Gasteiger partial charge in [-0.25, -0.2) is 14.2 Å². The molecule has 2 N–H and O–H groups in total. The van der Waals surface area contributed by atoms with Crippen LogP contribution in [-0.2, 0) is 17.7 Å². The summed E-state index contributed by atoms with van der Waals surface area (Å²) in [6, 6.07) is 7.69. The number of ether oxygens (including phenoxy) is 2. The predicted molar refractivity (Wildman–Crippen MR) is 141 cm³/mol. The van der Waals surface area contributed by atoms with E-state index in [9.17, 15) is 14.0 Å². The molecule has 1 unspecified atom stereocenters. The number of nitrogens with one attached hydrogen (secondary N) is 2. The Bertz CT molecular complexity index is 1510. The number of amides is 3. The highest BCUT2D eigenvalue weighted by Gasteiger charge is 2.36. The average molecular weight is 550 g/mol. The van der Waals surface area contributed by atoms with Crippen LogP contribution in [0, 0.1) is 5.82 Å². The third-order valence-electron chi connectivity index (χ3n) is 7.59. The van der Waals surface area contributed by atoms with Crippen LogP contribution in [0.1, 0.15) is 64.3 Å². The number of fused-ring (bicyclic) bond motifs is 2. The van der Waals surface area contributed by atoms with Crippen LogP contribution in [0.25, 0.3) is 0 Å². The largest absolute Gasteiger partial charge is 0.484 e. The van der Waals surface area contributed by atoms with E-state index in [-0.39, 0.29) is 41.8 Å². The van der Waals surface area contributed by atoms with Crippen LogP contribution in [0.4, 0.5) is 20.6 Å². The summed E-state index contributed by atoms with van der Waals surface area (Å²) in [6.07, 6.45) is 4.17. The number of hydrogen-bond donors (Lipinski definition) is 2. The Kier molecular flexibility index (Phi) is 5.89. The van der Waals surface area contributed by atoms with Crippen LogP contribution in [0.15, 0.2) is 36.5 Å². The van der Waals surface area contributed by atoms with E-state index in [2.05, 4.69) is 15.6 Å². The number of aryl methyl sites for hydroxylation is 1. The zero-order chi connectivity index (χ0) is 26.7. The van der Waals surface area contributed by atoms with Gasteiger partial charge in [-0.2, -0.15) is 0 Å².